The zero-order chi connectivity index (χ0) is 28.6. The van der Waals surface area contributed by atoms with Gasteiger partial charge in [0.2, 0.25) is 0 Å². The van der Waals surface area contributed by atoms with E-state index < -0.39 is 34.5 Å². The summed E-state index contributed by atoms with van der Waals surface area (Å²) >= 11 is 0. The molecule has 1 aliphatic rings. The molecule has 0 saturated heterocycles. The zero-order valence-corrected chi connectivity index (χ0v) is 22.0. The van der Waals surface area contributed by atoms with E-state index in [2.05, 4.69) is 9.55 Å². The highest BCUT2D eigenvalue weighted by Gasteiger charge is 2.50. The van der Waals surface area contributed by atoms with E-state index in [9.17, 15) is 8.78 Å². The van der Waals surface area contributed by atoms with Gasteiger partial charge in [0, 0.05) is 16.5 Å². The summed E-state index contributed by atoms with van der Waals surface area (Å²) < 4.78 is 63.8. The lowest BCUT2D eigenvalue weighted by Gasteiger charge is -2.34. The monoisotopic (exact) mass is 556 g/mol. The highest BCUT2D eigenvalue weighted by molar-refractivity contribution is 6.09. The molecule has 202 valence electrons. The Bertz CT molecular complexity index is 2130. The third kappa shape index (κ3) is 3.12. The predicted octanol–water partition coefficient (Wildman–Crippen LogP) is 9.10. The Hall–Kier alpha value is -5.23. The van der Waals surface area contributed by atoms with Gasteiger partial charge >= 0.3 is 0 Å². The minimum atomic E-state index is -1.70. The molecule has 0 aliphatic heterocycles. The first-order valence-electron chi connectivity index (χ1n) is 13.5. The molecule has 0 saturated carbocycles. The van der Waals surface area contributed by atoms with Crippen molar-refractivity contribution in [3.8, 4) is 16.8 Å². The van der Waals surface area contributed by atoms with Crippen molar-refractivity contribution in [3.05, 3.63) is 167 Å². The molecule has 2 heterocycles. The fraction of sp³-hybridized carbons (Fsp3) is 0.0278. The van der Waals surface area contributed by atoms with Crippen LogP contribution in [0, 0.1) is 23.5 Å². The number of halogens is 4. The van der Waals surface area contributed by atoms with E-state index in [1.54, 1.807) is 30.3 Å². The minimum Gasteiger partial charge on any atom is -0.309 e. The molecule has 7 aromatic rings. The van der Waals surface area contributed by atoms with Gasteiger partial charge in [0.1, 0.15) is 0 Å². The maximum atomic E-state index is 16.0. The second-order valence-electron chi connectivity index (χ2n) is 10.5. The number of para-hydroxylation sites is 2. The van der Waals surface area contributed by atoms with Crippen LogP contribution in [0.15, 0.2) is 121 Å². The largest absolute Gasteiger partial charge is 0.309 e. The number of hydrogen-bond donors (Lipinski definition) is 0. The van der Waals surface area contributed by atoms with Crippen LogP contribution in [0.5, 0.6) is 0 Å². The van der Waals surface area contributed by atoms with Crippen LogP contribution >= 0.6 is 0 Å². The molecule has 0 atom stereocenters. The molecule has 0 bridgehead atoms. The molecule has 2 nitrogen and oxygen atoms in total. The van der Waals surface area contributed by atoms with E-state index in [-0.39, 0.29) is 0 Å². The molecule has 5 aromatic carbocycles. The molecule has 8 rings (SSSR count). The van der Waals surface area contributed by atoms with Gasteiger partial charge in [-0.2, -0.15) is 13.8 Å². The lowest BCUT2D eigenvalue weighted by Crippen LogP contribution is -2.32. The lowest BCUT2D eigenvalue weighted by atomic mass is 9.67. The molecular weight excluding hydrogens is 536 g/mol. The Morgan fingerprint density at radius 3 is 1.74 bits per heavy atom. The van der Waals surface area contributed by atoms with Gasteiger partial charge in [0.05, 0.1) is 22.0 Å². The van der Waals surface area contributed by atoms with E-state index >= 15 is 8.78 Å². The van der Waals surface area contributed by atoms with Crippen LogP contribution in [0.4, 0.5) is 17.6 Å². The van der Waals surface area contributed by atoms with Gasteiger partial charge in [-0.1, -0.05) is 91.0 Å². The third-order valence-corrected chi connectivity index (χ3v) is 8.44. The summed E-state index contributed by atoms with van der Waals surface area (Å²) in [4.78, 5) is 2.88. The Morgan fingerprint density at radius 2 is 1.07 bits per heavy atom. The van der Waals surface area contributed by atoms with Gasteiger partial charge < -0.3 is 4.57 Å². The van der Waals surface area contributed by atoms with E-state index in [1.807, 2.05) is 91.0 Å². The Morgan fingerprint density at radius 1 is 0.524 bits per heavy atom. The highest BCUT2D eigenvalue weighted by Crippen LogP contribution is 2.57. The van der Waals surface area contributed by atoms with Crippen molar-refractivity contribution in [1.29, 1.82) is 0 Å². The van der Waals surface area contributed by atoms with Crippen LogP contribution in [0.25, 0.3) is 38.6 Å². The Kier molecular flexibility index (Phi) is 5.19. The number of nitrogens with zero attached hydrogens (tertiary/aromatic N) is 2. The summed E-state index contributed by atoms with van der Waals surface area (Å²) in [6.07, 6.45) is 0. The first-order chi connectivity index (χ1) is 20.5. The molecule has 0 N–H and O–H groups in total. The number of aromatic nitrogens is 2. The van der Waals surface area contributed by atoms with Gasteiger partial charge in [0.15, 0.2) is 11.6 Å². The van der Waals surface area contributed by atoms with Gasteiger partial charge in [0.25, 0.3) is 11.9 Å². The van der Waals surface area contributed by atoms with Crippen molar-refractivity contribution in [2.75, 3.05) is 0 Å². The van der Waals surface area contributed by atoms with Crippen molar-refractivity contribution in [2.45, 2.75) is 5.41 Å². The predicted molar refractivity (Wildman–Crippen MR) is 156 cm³/mol. The van der Waals surface area contributed by atoms with Crippen molar-refractivity contribution in [3.63, 3.8) is 0 Å². The quantitative estimate of drug-likeness (QED) is 0.157. The summed E-state index contributed by atoms with van der Waals surface area (Å²) in [6, 6.07) is 37.9. The summed E-state index contributed by atoms with van der Waals surface area (Å²) in [5.41, 5.74) is 3.37. The van der Waals surface area contributed by atoms with Crippen LogP contribution in [-0.2, 0) is 5.41 Å². The molecule has 0 fully saturated rings. The molecule has 42 heavy (non-hydrogen) atoms. The fourth-order valence-electron chi connectivity index (χ4n) is 6.84. The maximum Gasteiger partial charge on any atom is 0.252 e. The van der Waals surface area contributed by atoms with Gasteiger partial charge in [-0.15, -0.1) is 0 Å². The molecule has 0 radical (unpaired) electrons. The number of pyridine rings is 1. The molecule has 0 unspecified atom stereocenters. The lowest BCUT2D eigenvalue weighted by molar-refractivity contribution is 0.386. The summed E-state index contributed by atoms with van der Waals surface area (Å²) in [6.45, 7) is 0. The first-order valence-corrected chi connectivity index (χ1v) is 13.5. The first kappa shape index (κ1) is 24.6. The second kappa shape index (κ2) is 8.88. The summed E-state index contributed by atoms with van der Waals surface area (Å²) in [5.74, 6) is -6.42. The Labute approximate surface area is 238 Å². The molecule has 1 aliphatic carbocycles. The molecule has 6 heteroatoms. The smallest absolute Gasteiger partial charge is 0.252 e. The van der Waals surface area contributed by atoms with Gasteiger partial charge in [-0.25, -0.2) is 8.78 Å². The summed E-state index contributed by atoms with van der Waals surface area (Å²) in [5, 5.41) is 1.77. The minimum absolute atomic E-state index is 0.478. The number of hydrogen-bond acceptors (Lipinski definition) is 1. The Balaban J connectivity index is 1.56. The van der Waals surface area contributed by atoms with Crippen LogP contribution < -0.4 is 0 Å². The van der Waals surface area contributed by atoms with Gasteiger partial charge in [-0.3, -0.25) is 0 Å². The molecule has 0 spiro atoms. The van der Waals surface area contributed by atoms with Crippen LogP contribution in [-0.4, -0.2) is 9.55 Å². The second-order valence-corrected chi connectivity index (χ2v) is 10.5. The van der Waals surface area contributed by atoms with E-state index in [0.717, 1.165) is 38.6 Å². The van der Waals surface area contributed by atoms with Crippen molar-refractivity contribution in [1.82, 2.24) is 9.55 Å². The maximum absolute atomic E-state index is 16.0. The van der Waals surface area contributed by atoms with Crippen LogP contribution in [0.3, 0.4) is 0 Å². The number of benzene rings is 5. The standard InChI is InChI=1S/C36H20F4N2/c37-32-31(33(38)35(40)41-34(32)39)36(27-15-7-4-12-23(27)24-13-5-8-16-28(24)36)21-18-19-30-26(20-21)25-14-6-9-17-29(25)42(30)22-10-2-1-3-11-22/h1-20H. The van der Waals surface area contributed by atoms with Crippen molar-refractivity contribution < 1.29 is 17.6 Å². The van der Waals surface area contributed by atoms with Crippen LogP contribution in [0.2, 0.25) is 0 Å². The van der Waals surface area contributed by atoms with Crippen molar-refractivity contribution in [2.24, 2.45) is 0 Å². The number of rotatable bonds is 3. The highest BCUT2D eigenvalue weighted by atomic mass is 19.2. The van der Waals surface area contributed by atoms with Crippen molar-refractivity contribution >= 4 is 21.8 Å². The molecule has 2 aromatic heterocycles. The SMILES string of the molecule is Fc1nc(F)c(F)c(C2(c3ccc4c(c3)c3ccccc3n4-c3ccccc3)c3ccccc3-c3ccccc32)c1F. The molecule has 0 amide bonds. The average Bonchev–Trinajstić information content (AvgIpc) is 3.52. The van der Waals surface area contributed by atoms with Gasteiger partial charge in [-0.05, 0) is 58.1 Å². The number of fused-ring (bicyclic) bond motifs is 6. The molecular formula is C36H20F4N2. The van der Waals surface area contributed by atoms with E-state index in [0.29, 0.717) is 16.7 Å². The van der Waals surface area contributed by atoms with Crippen LogP contribution in [0.1, 0.15) is 22.3 Å². The summed E-state index contributed by atoms with van der Waals surface area (Å²) in [7, 11) is 0. The fourth-order valence-corrected chi connectivity index (χ4v) is 6.84. The third-order valence-electron chi connectivity index (χ3n) is 8.44. The topological polar surface area (TPSA) is 17.8 Å². The average molecular weight is 557 g/mol. The van der Waals surface area contributed by atoms with E-state index in [4.69, 9.17) is 0 Å². The van der Waals surface area contributed by atoms with E-state index in [1.165, 1.54) is 0 Å². The zero-order valence-electron chi connectivity index (χ0n) is 22.0. The normalized spacial score (nSPS) is 13.4.